The second-order valence-electron chi connectivity index (χ2n) is 6.32. The van der Waals surface area contributed by atoms with E-state index in [-0.39, 0.29) is 65.2 Å². The molecule has 0 atom stereocenters. The topological polar surface area (TPSA) is 170 Å². The Balaban J connectivity index is 1.75. The van der Waals surface area contributed by atoms with Gasteiger partial charge in [-0.2, -0.15) is 4.98 Å². The van der Waals surface area contributed by atoms with Crippen LogP contribution in [0.25, 0.3) is 11.1 Å². The lowest BCUT2D eigenvalue weighted by molar-refractivity contribution is -0.119. The van der Waals surface area contributed by atoms with Crippen LogP contribution < -0.4 is 16.2 Å². The molecule has 0 aliphatic rings. The molecule has 0 saturated heterocycles. The molecule has 11 heteroatoms. The van der Waals surface area contributed by atoms with Crippen LogP contribution in [0.1, 0.15) is 39.2 Å². The number of aromatic nitrogens is 2. The third-order valence-electron chi connectivity index (χ3n) is 4.06. The number of primary amides is 1. The van der Waals surface area contributed by atoms with Crippen LogP contribution in [0.3, 0.4) is 0 Å². The summed E-state index contributed by atoms with van der Waals surface area (Å²) in [5.74, 6) is -1.25. The largest absolute Gasteiger partial charge is 0.484 e. The molecule has 2 heterocycles. The standard InChI is InChI=1S/C20H20N4O7/c1-3-28-20(27)15-10(2)31-18-16(15)17(22)23-14(24-18)9-30-19(26)11-5-4-6-12(7-11)29-8-13(21)25/h4-7H,3,8-9H2,1-2H3,(H2,21,25)(H2,22,23,24). The molecule has 11 nitrogen and oxygen atoms in total. The molecule has 0 aliphatic carbocycles. The summed E-state index contributed by atoms with van der Waals surface area (Å²) in [6.07, 6.45) is 0. The zero-order chi connectivity index (χ0) is 22.5. The predicted molar refractivity (Wildman–Crippen MR) is 107 cm³/mol. The Morgan fingerprint density at radius 2 is 1.90 bits per heavy atom. The van der Waals surface area contributed by atoms with Crippen molar-refractivity contribution in [2.45, 2.75) is 20.5 Å². The van der Waals surface area contributed by atoms with E-state index < -0.39 is 17.8 Å². The number of carbonyl (C=O) groups is 3. The van der Waals surface area contributed by atoms with Crippen LogP contribution in [-0.2, 0) is 20.9 Å². The highest BCUT2D eigenvalue weighted by atomic mass is 16.5. The first kappa shape index (κ1) is 21.6. The van der Waals surface area contributed by atoms with Crippen molar-refractivity contribution < 1.29 is 33.0 Å². The number of nitrogen functional groups attached to an aromatic ring is 1. The maximum Gasteiger partial charge on any atom is 0.342 e. The molecule has 1 aromatic carbocycles. The van der Waals surface area contributed by atoms with E-state index in [9.17, 15) is 14.4 Å². The van der Waals surface area contributed by atoms with E-state index in [4.69, 9.17) is 30.1 Å². The Hall–Kier alpha value is -4.15. The number of anilines is 1. The Bertz CT molecular complexity index is 1160. The normalized spacial score (nSPS) is 10.6. The average Bonchev–Trinajstić information content (AvgIpc) is 3.07. The van der Waals surface area contributed by atoms with Crippen molar-refractivity contribution in [3.05, 3.63) is 47.0 Å². The fraction of sp³-hybridized carbons (Fsp3) is 0.250. The van der Waals surface area contributed by atoms with Crippen molar-refractivity contribution in [3.63, 3.8) is 0 Å². The molecule has 162 valence electrons. The van der Waals surface area contributed by atoms with E-state index in [1.807, 2.05) is 0 Å². The number of hydrogen-bond donors (Lipinski definition) is 2. The quantitative estimate of drug-likeness (QED) is 0.501. The molecule has 3 rings (SSSR count). The summed E-state index contributed by atoms with van der Waals surface area (Å²) in [6, 6.07) is 6.05. The Morgan fingerprint density at radius 3 is 2.61 bits per heavy atom. The average molecular weight is 428 g/mol. The van der Waals surface area contributed by atoms with E-state index in [1.54, 1.807) is 26.0 Å². The van der Waals surface area contributed by atoms with E-state index >= 15 is 0 Å². The second-order valence-corrected chi connectivity index (χ2v) is 6.32. The summed E-state index contributed by atoms with van der Waals surface area (Å²) in [7, 11) is 0. The molecule has 0 saturated carbocycles. The highest BCUT2D eigenvalue weighted by Crippen LogP contribution is 2.29. The lowest BCUT2D eigenvalue weighted by atomic mass is 10.2. The number of benzene rings is 1. The van der Waals surface area contributed by atoms with Crippen LogP contribution in [-0.4, -0.2) is 41.0 Å². The smallest absolute Gasteiger partial charge is 0.342 e. The molecule has 4 N–H and O–H groups in total. The van der Waals surface area contributed by atoms with Gasteiger partial charge in [-0.15, -0.1) is 0 Å². The Morgan fingerprint density at radius 1 is 1.13 bits per heavy atom. The van der Waals surface area contributed by atoms with E-state index in [0.29, 0.717) is 0 Å². The molecule has 3 aromatic rings. The number of furan rings is 1. The molecule has 1 amide bonds. The number of rotatable bonds is 8. The zero-order valence-corrected chi connectivity index (χ0v) is 16.8. The fourth-order valence-corrected chi connectivity index (χ4v) is 2.78. The van der Waals surface area contributed by atoms with Gasteiger partial charge in [-0.3, -0.25) is 4.79 Å². The summed E-state index contributed by atoms with van der Waals surface area (Å²) in [5.41, 5.74) is 11.4. The maximum atomic E-state index is 12.3. The summed E-state index contributed by atoms with van der Waals surface area (Å²) >= 11 is 0. The third kappa shape index (κ3) is 4.89. The monoisotopic (exact) mass is 428 g/mol. The zero-order valence-electron chi connectivity index (χ0n) is 16.8. The summed E-state index contributed by atoms with van der Waals surface area (Å²) < 4.78 is 20.9. The first-order valence-corrected chi connectivity index (χ1v) is 9.21. The molecule has 0 fully saturated rings. The first-order valence-electron chi connectivity index (χ1n) is 9.21. The number of nitrogens with zero attached hydrogens (tertiary/aromatic N) is 2. The Kier molecular flexibility index (Phi) is 6.34. The summed E-state index contributed by atoms with van der Waals surface area (Å²) in [4.78, 5) is 43.6. The van der Waals surface area contributed by atoms with Crippen LogP contribution in [0.2, 0.25) is 0 Å². The minimum absolute atomic E-state index is 0.00204. The molecule has 31 heavy (non-hydrogen) atoms. The number of carbonyl (C=O) groups excluding carboxylic acids is 3. The lowest BCUT2D eigenvalue weighted by Crippen LogP contribution is -2.20. The first-order chi connectivity index (χ1) is 14.8. The minimum atomic E-state index is -0.672. The molecular formula is C20H20N4O7. The number of hydrogen-bond acceptors (Lipinski definition) is 10. The van der Waals surface area contributed by atoms with Crippen molar-refractivity contribution in [1.82, 2.24) is 9.97 Å². The minimum Gasteiger partial charge on any atom is -0.484 e. The second kappa shape index (κ2) is 9.11. The van der Waals surface area contributed by atoms with Crippen molar-refractivity contribution >= 4 is 34.8 Å². The van der Waals surface area contributed by atoms with Gasteiger partial charge in [0.05, 0.1) is 17.6 Å². The van der Waals surface area contributed by atoms with Crippen molar-refractivity contribution in [2.75, 3.05) is 18.9 Å². The van der Waals surface area contributed by atoms with Crippen LogP contribution in [0.5, 0.6) is 5.75 Å². The van der Waals surface area contributed by atoms with Gasteiger partial charge in [-0.1, -0.05) is 6.07 Å². The van der Waals surface area contributed by atoms with E-state index in [0.717, 1.165) is 0 Å². The number of nitrogens with two attached hydrogens (primary N) is 2. The fourth-order valence-electron chi connectivity index (χ4n) is 2.78. The highest BCUT2D eigenvalue weighted by Gasteiger charge is 2.24. The van der Waals surface area contributed by atoms with Crippen LogP contribution in [0, 0.1) is 6.92 Å². The van der Waals surface area contributed by atoms with Crippen molar-refractivity contribution in [3.8, 4) is 5.75 Å². The van der Waals surface area contributed by atoms with Gasteiger partial charge in [-0.05, 0) is 32.0 Å². The van der Waals surface area contributed by atoms with Gasteiger partial charge >= 0.3 is 11.9 Å². The number of amides is 1. The molecule has 0 aliphatic heterocycles. The van der Waals surface area contributed by atoms with Gasteiger partial charge in [0.1, 0.15) is 22.9 Å². The molecule has 0 unspecified atom stereocenters. The van der Waals surface area contributed by atoms with Gasteiger partial charge in [0, 0.05) is 0 Å². The van der Waals surface area contributed by atoms with Gasteiger partial charge in [-0.25, -0.2) is 14.6 Å². The molecule has 0 radical (unpaired) electrons. The SMILES string of the molecule is CCOC(=O)c1c(C)oc2nc(COC(=O)c3cccc(OCC(N)=O)c3)nc(N)c12. The summed E-state index contributed by atoms with van der Waals surface area (Å²) in [6.45, 7) is 2.85. The van der Waals surface area contributed by atoms with Crippen LogP contribution in [0.15, 0.2) is 28.7 Å². The highest BCUT2D eigenvalue weighted by molar-refractivity contribution is 6.07. The maximum absolute atomic E-state index is 12.3. The van der Waals surface area contributed by atoms with Crippen LogP contribution in [0.4, 0.5) is 5.82 Å². The van der Waals surface area contributed by atoms with Crippen LogP contribution >= 0.6 is 0 Å². The molecular weight excluding hydrogens is 408 g/mol. The van der Waals surface area contributed by atoms with E-state index in [1.165, 1.54) is 12.1 Å². The number of aryl methyl sites for hydroxylation is 1. The molecule has 2 aromatic heterocycles. The number of ether oxygens (including phenoxy) is 3. The van der Waals surface area contributed by atoms with Gasteiger partial charge in [0.15, 0.2) is 19.0 Å². The third-order valence-corrected chi connectivity index (χ3v) is 4.06. The molecule has 0 spiro atoms. The summed E-state index contributed by atoms with van der Waals surface area (Å²) in [5, 5.41) is 0.241. The van der Waals surface area contributed by atoms with Gasteiger partial charge in [0.25, 0.3) is 5.91 Å². The van der Waals surface area contributed by atoms with Gasteiger partial charge in [0.2, 0.25) is 5.71 Å². The van der Waals surface area contributed by atoms with E-state index in [2.05, 4.69) is 9.97 Å². The van der Waals surface area contributed by atoms with Crippen molar-refractivity contribution in [2.24, 2.45) is 5.73 Å². The lowest BCUT2D eigenvalue weighted by Gasteiger charge is -2.07. The number of esters is 2. The van der Waals surface area contributed by atoms with Crippen molar-refractivity contribution in [1.29, 1.82) is 0 Å². The molecule has 0 bridgehead atoms. The predicted octanol–water partition coefficient (Wildman–Crippen LogP) is 1.51. The number of fused-ring (bicyclic) bond motifs is 1. The van der Waals surface area contributed by atoms with Gasteiger partial charge < -0.3 is 30.1 Å². The Labute approximate surface area is 176 Å².